The van der Waals surface area contributed by atoms with Gasteiger partial charge in [-0.15, -0.1) is 0 Å². The smallest absolute Gasteiger partial charge is 0.241 e. The van der Waals surface area contributed by atoms with Crippen LogP contribution in [0.3, 0.4) is 0 Å². The van der Waals surface area contributed by atoms with Gasteiger partial charge in [0.2, 0.25) is 21.9 Å². The highest BCUT2D eigenvalue weighted by Crippen LogP contribution is 2.42. The third-order valence-electron chi connectivity index (χ3n) is 12.0. The Hall–Kier alpha value is -5.80. The quantitative estimate of drug-likeness (QED) is 0.101. The second-order valence-electron chi connectivity index (χ2n) is 16.3. The van der Waals surface area contributed by atoms with Crippen molar-refractivity contribution in [2.45, 2.75) is 62.9 Å². The van der Waals surface area contributed by atoms with Gasteiger partial charge >= 0.3 is 0 Å². The van der Waals surface area contributed by atoms with E-state index in [-0.39, 0.29) is 42.6 Å². The van der Waals surface area contributed by atoms with Crippen molar-refractivity contribution in [2.24, 2.45) is 5.92 Å². The fourth-order valence-electron chi connectivity index (χ4n) is 8.26. The van der Waals surface area contributed by atoms with Crippen LogP contribution in [0.4, 0.5) is 5.95 Å². The maximum Gasteiger partial charge on any atom is 0.241 e. The Morgan fingerprint density at radius 3 is 2.14 bits per heavy atom. The number of aryl methyl sites for hydroxylation is 1. The Kier molecular flexibility index (Phi) is 14.0. The number of hydrogen-bond acceptors (Lipinski definition) is 10. The average molecular weight is 867 g/mol. The third-order valence-corrected chi connectivity index (χ3v) is 13.4. The van der Waals surface area contributed by atoms with Gasteiger partial charge in [-0.1, -0.05) is 128 Å². The van der Waals surface area contributed by atoms with Crippen molar-refractivity contribution in [3.63, 3.8) is 0 Å². The van der Waals surface area contributed by atoms with E-state index in [0.29, 0.717) is 0 Å². The molecule has 6 aromatic rings. The molecule has 2 fully saturated rings. The van der Waals surface area contributed by atoms with Crippen LogP contribution >= 0.6 is 0 Å². The van der Waals surface area contributed by atoms with Gasteiger partial charge in [0.25, 0.3) is 0 Å². The lowest BCUT2D eigenvalue weighted by atomic mass is 9.89. The van der Waals surface area contributed by atoms with Gasteiger partial charge in [-0.3, -0.25) is 9.69 Å². The van der Waals surface area contributed by atoms with Gasteiger partial charge in [-0.25, -0.2) is 18.4 Å². The number of sulfonamides is 1. The van der Waals surface area contributed by atoms with Crippen molar-refractivity contribution in [3.05, 3.63) is 179 Å². The number of ether oxygens (including phenoxy) is 2. The van der Waals surface area contributed by atoms with Crippen molar-refractivity contribution in [1.82, 2.24) is 24.9 Å². The molecule has 0 radical (unpaired) electrons. The minimum atomic E-state index is -3.99. The molecular weight excluding hydrogens is 813 g/mol. The van der Waals surface area contributed by atoms with E-state index in [0.717, 1.165) is 83.2 Å². The number of amides is 1. The number of nitrogens with zero attached hydrogens (tertiary/aromatic N) is 4. The first-order valence-corrected chi connectivity index (χ1v) is 23.0. The molecule has 8 rings (SSSR count). The predicted octanol–water partition coefficient (Wildman–Crippen LogP) is 6.76. The number of anilines is 1. The summed E-state index contributed by atoms with van der Waals surface area (Å²) in [6.45, 7) is 8.34. The normalized spacial score (nSPS) is 20.0. The van der Waals surface area contributed by atoms with E-state index in [1.807, 2.05) is 116 Å². The first-order valence-electron chi connectivity index (χ1n) is 21.5. The van der Waals surface area contributed by atoms with Gasteiger partial charge in [-0.05, 0) is 64.9 Å². The topological polar surface area (TPSA) is 146 Å². The largest absolute Gasteiger partial charge is 0.392 e. The lowest BCUT2D eigenvalue weighted by molar-refractivity contribution is -0.276. The number of benzene rings is 5. The van der Waals surface area contributed by atoms with E-state index in [2.05, 4.69) is 36.7 Å². The van der Waals surface area contributed by atoms with E-state index in [9.17, 15) is 18.3 Å². The fourth-order valence-corrected chi connectivity index (χ4v) is 9.45. The lowest BCUT2D eigenvalue weighted by Crippen LogP contribution is -2.51. The van der Waals surface area contributed by atoms with Crippen LogP contribution in [0.2, 0.25) is 0 Å². The van der Waals surface area contributed by atoms with Crippen molar-refractivity contribution in [2.75, 3.05) is 37.6 Å². The molecule has 5 atom stereocenters. The zero-order valence-corrected chi connectivity index (χ0v) is 36.4. The highest BCUT2D eigenvalue weighted by molar-refractivity contribution is 7.89. The Labute approximate surface area is 370 Å². The van der Waals surface area contributed by atoms with Gasteiger partial charge < -0.3 is 24.8 Å². The molecule has 63 heavy (non-hydrogen) atoms. The minimum Gasteiger partial charge on any atom is -0.392 e. The number of hydrogen-bond donors (Lipinski definition) is 3. The summed E-state index contributed by atoms with van der Waals surface area (Å²) in [6.07, 6.45) is 2.75. The molecule has 1 amide bonds. The average Bonchev–Trinajstić information content (AvgIpc) is 3.32. The predicted molar refractivity (Wildman–Crippen MR) is 243 cm³/mol. The van der Waals surface area contributed by atoms with Gasteiger partial charge in [0.05, 0.1) is 23.7 Å². The summed E-state index contributed by atoms with van der Waals surface area (Å²) in [5.74, 6) is 0.369. The van der Waals surface area contributed by atoms with Crippen LogP contribution < -0.4 is 14.9 Å². The maximum absolute atomic E-state index is 13.9. The van der Waals surface area contributed by atoms with Gasteiger partial charge in [0, 0.05) is 63.1 Å². The van der Waals surface area contributed by atoms with Crippen LogP contribution in [0, 0.1) is 12.8 Å². The molecule has 3 N–H and O–H groups in total. The molecule has 13 heteroatoms. The summed E-state index contributed by atoms with van der Waals surface area (Å²) < 4.78 is 43.2. The molecule has 2 aliphatic rings. The maximum atomic E-state index is 13.9. The van der Waals surface area contributed by atoms with Crippen LogP contribution in [-0.2, 0) is 43.9 Å². The number of piperazine rings is 1. The van der Waals surface area contributed by atoms with Crippen molar-refractivity contribution >= 4 is 21.9 Å². The first kappa shape index (κ1) is 43.8. The summed E-state index contributed by atoms with van der Waals surface area (Å²) in [7, 11) is -3.99. The van der Waals surface area contributed by atoms with Crippen LogP contribution in [0.1, 0.15) is 52.7 Å². The summed E-state index contributed by atoms with van der Waals surface area (Å²) >= 11 is 0. The molecule has 2 aliphatic heterocycles. The fraction of sp³-hybridized carbons (Fsp3) is 0.300. The van der Waals surface area contributed by atoms with Gasteiger partial charge in [0.15, 0.2) is 6.29 Å². The number of aliphatic hydroxyl groups excluding tert-OH is 1. The lowest BCUT2D eigenvalue weighted by Gasteiger charge is -2.44. The van der Waals surface area contributed by atoms with Gasteiger partial charge in [0.1, 0.15) is 6.04 Å². The van der Waals surface area contributed by atoms with E-state index in [1.54, 1.807) is 36.7 Å². The van der Waals surface area contributed by atoms with Crippen LogP contribution in [0.25, 0.3) is 11.1 Å². The van der Waals surface area contributed by atoms with Crippen molar-refractivity contribution < 1.29 is 27.8 Å². The molecule has 12 nitrogen and oxygen atoms in total. The van der Waals surface area contributed by atoms with Crippen molar-refractivity contribution in [1.29, 1.82) is 0 Å². The van der Waals surface area contributed by atoms with E-state index < -0.39 is 28.3 Å². The zero-order chi connectivity index (χ0) is 43.8. The van der Waals surface area contributed by atoms with E-state index in [1.165, 1.54) is 0 Å². The molecule has 2 saturated heterocycles. The highest BCUT2D eigenvalue weighted by atomic mass is 32.2. The third kappa shape index (κ3) is 10.9. The van der Waals surface area contributed by atoms with E-state index in [4.69, 9.17) is 9.47 Å². The zero-order valence-electron chi connectivity index (χ0n) is 35.6. The Morgan fingerprint density at radius 1 is 0.778 bits per heavy atom. The summed E-state index contributed by atoms with van der Waals surface area (Å²) in [4.78, 5) is 27.5. The SMILES string of the molecule is Cc1ccc(S(=O)(=O)NC(Cc2ccccc2)C(=O)NCc2ccccc2-c2ccc(C3OC(CN4CCN(c5ncccn5)CC4)C(C)C(c4ccc(CO)cc4)O3)cc2)cc1. The Bertz CT molecular complexity index is 2520. The van der Waals surface area contributed by atoms with E-state index >= 15 is 0 Å². The van der Waals surface area contributed by atoms with Crippen LogP contribution in [0.15, 0.2) is 151 Å². The standard InChI is InChI=1S/C50H54N6O6S/c1-35-13-23-43(24-14-35)63(59,60)54-45(31-37-9-4-3-5-10-37)48(58)53-32-42-11-6-7-12-44(42)39-19-21-41(22-20-39)49-61-46(36(2)47(62-49)40-17-15-38(34-57)16-18-40)33-55-27-29-56(30-28-55)50-51-25-8-26-52-50/h3-26,36,45-47,49,54,57H,27-34H2,1-2H3,(H,53,58). The summed E-state index contributed by atoms with van der Waals surface area (Å²) in [5.41, 5.74) is 7.29. The molecule has 0 bridgehead atoms. The summed E-state index contributed by atoms with van der Waals surface area (Å²) in [5, 5.41) is 12.7. The van der Waals surface area contributed by atoms with Gasteiger partial charge in [-0.2, -0.15) is 4.72 Å². The molecule has 5 unspecified atom stereocenters. The number of aromatic nitrogens is 2. The molecule has 3 heterocycles. The molecule has 326 valence electrons. The Morgan fingerprint density at radius 2 is 1.44 bits per heavy atom. The molecule has 0 saturated carbocycles. The number of nitrogens with one attached hydrogen (secondary N) is 2. The number of carbonyl (C=O) groups is 1. The van der Waals surface area contributed by atoms with Crippen molar-refractivity contribution in [3.8, 4) is 11.1 Å². The molecule has 5 aromatic carbocycles. The second-order valence-corrected chi connectivity index (χ2v) is 18.0. The second kappa shape index (κ2) is 20.1. The number of rotatable bonds is 15. The highest BCUT2D eigenvalue weighted by Gasteiger charge is 2.39. The summed E-state index contributed by atoms with van der Waals surface area (Å²) in [6, 6.07) is 40.7. The molecular formula is C50H54N6O6S. The number of carbonyl (C=O) groups excluding carboxylic acids is 1. The Balaban J connectivity index is 0.974. The molecule has 0 aliphatic carbocycles. The van der Waals surface area contributed by atoms with Crippen LogP contribution in [0.5, 0.6) is 0 Å². The van der Waals surface area contributed by atoms with Crippen LogP contribution in [-0.4, -0.2) is 79.2 Å². The number of aliphatic hydroxyl groups is 1. The minimum absolute atomic E-state index is 0.0254. The molecule has 0 spiro atoms. The monoisotopic (exact) mass is 866 g/mol. The molecule has 1 aromatic heterocycles. The first-order chi connectivity index (χ1) is 30.6.